The van der Waals surface area contributed by atoms with Crippen molar-refractivity contribution in [3.05, 3.63) is 30.3 Å². The molecular formula is C15H19NO4. The minimum atomic E-state index is -0.0276. The summed E-state index contributed by atoms with van der Waals surface area (Å²) in [6.07, 6.45) is 2.04. The first-order valence-corrected chi connectivity index (χ1v) is 6.68. The number of nitrogens with zero attached hydrogens (tertiary/aromatic N) is 1. The molecule has 1 aliphatic rings. The molecule has 0 unspecified atom stereocenters. The van der Waals surface area contributed by atoms with Crippen LogP contribution in [-0.4, -0.2) is 31.8 Å². The summed E-state index contributed by atoms with van der Waals surface area (Å²) in [7, 11) is 0. The van der Waals surface area contributed by atoms with Crippen LogP contribution in [0.25, 0.3) is 0 Å². The second kappa shape index (κ2) is 8.88. The van der Waals surface area contributed by atoms with Crippen LogP contribution >= 0.6 is 0 Å². The zero-order valence-electron chi connectivity index (χ0n) is 11.6. The Labute approximate surface area is 118 Å². The lowest BCUT2D eigenvalue weighted by molar-refractivity contribution is -0.191. The van der Waals surface area contributed by atoms with Gasteiger partial charge in [-0.05, 0) is 31.9 Å². The largest absolute Gasteiger partial charge is 0.466 e. The first-order chi connectivity index (χ1) is 9.72. The van der Waals surface area contributed by atoms with Gasteiger partial charge in [-0.2, -0.15) is 9.59 Å². The Balaban J connectivity index is 0.000000612. The highest BCUT2D eigenvalue weighted by atomic mass is 16.5. The molecule has 0 aliphatic carbocycles. The van der Waals surface area contributed by atoms with Crippen molar-refractivity contribution in [2.24, 2.45) is 5.92 Å². The predicted octanol–water partition coefficient (Wildman–Crippen LogP) is 1.88. The van der Waals surface area contributed by atoms with Gasteiger partial charge in [0, 0.05) is 18.8 Å². The minimum Gasteiger partial charge on any atom is -0.466 e. The molecule has 1 heterocycles. The Hall–Kier alpha value is -2.13. The van der Waals surface area contributed by atoms with Gasteiger partial charge in [-0.25, -0.2) is 0 Å². The first kappa shape index (κ1) is 15.9. The topological polar surface area (TPSA) is 63.7 Å². The van der Waals surface area contributed by atoms with Crippen molar-refractivity contribution < 1.29 is 19.1 Å². The van der Waals surface area contributed by atoms with Crippen LogP contribution in [-0.2, 0) is 19.1 Å². The van der Waals surface area contributed by atoms with E-state index in [9.17, 15) is 4.79 Å². The standard InChI is InChI=1S/C14H19NO2.CO2/c1-2-17-14(16)12-8-10-15(11-9-12)13-6-4-3-5-7-13;2-1-3/h3-7,12H,2,8-11H2,1H3;. The number of hydrogen-bond acceptors (Lipinski definition) is 5. The number of anilines is 1. The van der Waals surface area contributed by atoms with Gasteiger partial charge in [0.05, 0.1) is 12.5 Å². The van der Waals surface area contributed by atoms with Gasteiger partial charge in [-0.3, -0.25) is 4.79 Å². The molecule has 1 aromatic rings. The van der Waals surface area contributed by atoms with Gasteiger partial charge in [0.2, 0.25) is 0 Å². The van der Waals surface area contributed by atoms with Crippen LogP contribution in [0.1, 0.15) is 19.8 Å². The van der Waals surface area contributed by atoms with E-state index < -0.39 is 0 Å². The third-order valence-electron chi connectivity index (χ3n) is 3.24. The Morgan fingerprint density at radius 3 is 2.30 bits per heavy atom. The summed E-state index contributed by atoms with van der Waals surface area (Å²) in [4.78, 5) is 30.2. The molecule has 0 radical (unpaired) electrons. The molecule has 20 heavy (non-hydrogen) atoms. The molecule has 0 spiro atoms. The molecule has 0 bridgehead atoms. The van der Waals surface area contributed by atoms with Gasteiger partial charge in [-0.1, -0.05) is 18.2 Å². The van der Waals surface area contributed by atoms with E-state index in [0.717, 1.165) is 25.9 Å². The number of piperidine rings is 1. The molecule has 2 rings (SSSR count). The summed E-state index contributed by atoms with van der Waals surface area (Å²) in [6, 6.07) is 10.4. The average molecular weight is 277 g/mol. The molecule has 1 saturated heterocycles. The maximum absolute atomic E-state index is 11.6. The van der Waals surface area contributed by atoms with Crippen LogP contribution in [0.15, 0.2) is 30.3 Å². The molecule has 108 valence electrons. The van der Waals surface area contributed by atoms with Crippen LogP contribution in [0.2, 0.25) is 0 Å². The lowest BCUT2D eigenvalue weighted by Crippen LogP contribution is -2.36. The highest BCUT2D eigenvalue weighted by molar-refractivity contribution is 5.72. The van der Waals surface area contributed by atoms with E-state index in [0.29, 0.717) is 6.61 Å². The van der Waals surface area contributed by atoms with Gasteiger partial charge >= 0.3 is 12.1 Å². The van der Waals surface area contributed by atoms with Crippen LogP contribution in [0.5, 0.6) is 0 Å². The Kier molecular flexibility index (Phi) is 7.07. The zero-order valence-corrected chi connectivity index (χ0v) is 11.6. The summed E-state index contributed by atoms with van der Waals surface area (Å²) in [5.74, 6) is 0.0649. The highest BCUT2D eigenvalue weighted by Gasteiger charge is 2.25. The number of para-hydroxylation sites is 1. The maximum atomic E-state index is 11.6. The first-order valence-electron chi connectivity index (χ1n) is 6.68. The van der Waals surface area contributed by atoms with Gasteiger partial charge in [0.25, 0.3) is 0 Å². The number of carbonyl (C=O) groups is 1. The normalized spacial score (nSPS) is 14.8. The van der Waals surface area contributed by atoms with E-state index in [-0.39, 0.29) is 18.0 Å². The predicted molar refractivity (Wildman–Crippen MR) is 73.0 cm³/mol. The van der Waals surface area contributed by atoms with Crippen molar-refractivity contribution in [3.63, 3.8) is 0 Å². The summed E-state index contributed by atoms with van der Waals surface area (Å²) in [6.45, 7) is 4.22. The summed E-state index contributed by atoms with van der Waals surface area (Å²) in [5.41, 5.74) is 1.25. The van der Waals surface area contributed by atoms with Crippen molar-refractivity contribution in [3.8, 4) is 0 Å². The number of carbonyl (C=O) groups excluding carboxylic acids is 3. The average Bonchev–Trinajstić information content (AvgIpc) is 2.49. The molecule has 0 atom stereocenters. The molecule has 5 heteroatoms. The minimum absolute atomic E-state index is 0.0276. The molecule has 1 aromatic carbocycles. The van der Waals surface area contributed by atoms with E-state index in [1.807, 2.05) is 25.1 Å². The van der Waals surface area contributed by atoms with Crippen LogP contribution in [0.3, 0.4) is 0 Å². The lowest BCUT2D eigenvalue weighted by atomic mass is 9.96. The maximum Gasteiger partial charge on any atom is 0.373 e. The van der Waals surface area contributed by atoms with Crippen LogP contribution in [0, 0.1) is 5.92 Å². The summed E-state index contributed by atoms with van der Waals surface area (Å²) >= 11 is 0. The van der Waals surface area contributed by atoms with E-state index in [2.05, 4.69) is 17.0 Å². The molecule has 0 saturated carbocycles. The third kappa shape index (κ3) is 4.86. The molecular weight excluding hydrogens is 258 g/mol. The molecule has 0 amide bonds. The SMILES string of the molecule is CCOC(=O)C1CCN(c2ccccc2)CC1.O=C=O. The number of hydrogen-bond donors (Lipinski definition) is 0. The Bertz CT molecular complexity index is 432. The fraction of sp³-hybridized carbons (Fsp3) is 0.467. The fourth-order valence-corrected chi connectivity index (χ4v) is 2.27. The van der Waals surface area contributed by atoms with Crippen molar-refractivity contribution in [2.75, 3.05) is 24.6 Å². The Morgan fingerprint density at radius 2 is 1.80 bits per heavy atom. The highest BCUT2D eigenvalue weighted by Crippen LogP contribution is 2.23. The van der Waals surface area contributed by atoms with Crippen molar-refractivity contribution >= 4 is 17.8 Å². The quantitative estimate of drug-likeness (QED) is 0.789. The molecule has 1 aliphatic heterocycles. The summed E-state index contributed by atoms with van der Waals surface area (Å²) < 4.78 is 5.06. The van der Waals surface area contributed by atoms with Gasteiger partial charge in [0.15, 0.2) is 0 Å². The van der Waals surface area contributed by atoms with Crippen molar-refractivity contribution in [1.82, 2.24) is 0 Å². The number of esters is 1. The molecule has 0 N–H and O–H groups in total. The molecule has 0 aromatic heterocycles. The van der Waals surface area contributed by atoms with Crippen molar-refractivity contribution in [2.45, 2.75) is 19.8 Å². The zero-order chi connectivity index (χ0) is 14.8. The molecule has 1 fully saturated rings. The fourth-order valence-electron chi connectivity index (χ4n) is 2.27. The van der Waals surface area contributed by atoms with Gasteiger partial charge < -0.3 is 9.64 Å². The number of ether oxygens (including phenoxy) is 1. The van der Waals surface area contributed by atoms with E-state index >= 15 is 0 Å². The van der Waals surface area contributed by atoms with Crippen molar-refractivity contribution in [1.29, 1.82) is 0 Å². The Morgan fingerprint density at radius 1 is 1.25 bits per heavy atom. The van der Waals surface area contributed by atoms with E-state index in [4.69, 9.17) is 14.3 Å². The van der Waals surface area contributed by atoms with Gasteiger partial charge in [0.1, 0.15) is 0 Å². The summed E-state index contributed by atoms with van der Waals surface area (Å²) in [5, 5.41) is 0. The monoisotopic (exact) mass is 277 g/mol. The smallest absolute Gasteiger partial charge is 0.373 e. The van der Waals surface area contributed by atoms with E-state index in [1.54, 1.807) is 0 Å². The van der Waals surface area contributed by atoms with Crippen LogP contribution in [0.4, 0.5) is 5.69 Å². The van der Waals surface area contributed by atoms with Crippen LogP contribution < -0.4 is 4.90 Å². The van der Waals surface area contributed by atoms with E-state index in [1.165, 1.54) is 5.69 Å². The number of rotatable bonds is 3. The third-order valence-corrected chi connectivity index (χ3v) is 3.24. The second-order valence-corrected chi connectivity index (χ2v) is 4.43. The second-order valence-electron chi connectivity index (χ2n) is 4.43. The number of benzene rings is 1. The van der Waals surface area contributed by atoms with Gasteiger partial charge in [-0.15, -0.1) is 0 Å². The lowest BCUT2D eigenvalue weighted by Gasteiger charge is -2.32. The molecule has 5 nitrogen and oxygen atoms in total.